The molecular weight excluding hydrogens is 466 g/mol. The Morgan fingerprint density at radius 3 is 2.15 bits per heavy atom. The number of hydrogen-bond acceptors (Lipinski definition) is 5. The molecule has 7 nitrogen and oxygen atoms in total. The van der Waals surface area contributed by atoms with Crippen molar-refractivity contribution < 1.29 is 31.5 Å². The number of amides is 1. The van der Waals surface area contributed by atoms with Crippen LogP contribution in [0, 0.1) is 0 Å². The Kier molecular flexibility index (Phi) is 7.72. The predicted molar refractivity (Wildman–Crippen MR) is 124 cm³/mol. The molecule has 3 aromatic carbocycles. The van der Waals surface area contributed by atoms with Crippen molar-refractivity contribution in [3.63, 3.8) is 0 Å². The molecule has 0 aromatic heterocycles. The minimum Gasteiger partial charge on any atom is -0.497 e. The number of carbonyl (C=O) groups is 1. The molecule has 0 bridgehead atoms. The highest BCUT2D eigenvalue weighted by atomic mass is 32.2. The van der Waals surface area contributed by atoms with Crippen molar-refractivity contribution in [3.8, 4) is 11.5 Å². The monoisotopic (exact) mass is 490 g/mol. The van der Waals surface area contributed by atoms with E-state index in [9.17, 15) is 22.0 Å². The van der Waals surface area contributed by atoms with Gasteiger partial charge in [-0.25, -0.2) is 8.42 Å². The second kappa shape index (κ2) is 10.5. The van der Waals surface area contributed by atoms with Crippen LogP contribution in [0.2, 0.25) is 0 Å². The summed E-state index contributed by atoms with van der Waals surface area (Å²) in [6, 6.07) is 18.3. The molecule has 0 aliphatic carbocycles. The number of carbonyl (C=O) groups excluding carboxylic acids is 1. The summed E-state index contributed by atoms with van der Waals surface area (Å²) in [7, 11) is 0.595. The fourth-order valence-electron chi connectivity index (χ4n) is 3.22. The van der Waals surface area contributed by atoms with Gasteiger partial charge >= 0.3 is 6.61 Å². The van der Waals surface area contributed by atoms with Crippen LogP contribution >= 0.6 is 0 Å². The standard InChI is InChI=1S/C24H24F2N2O5S/c1-27(16-17-7-11-21(12-8-17)33-24(25)26)23(29)18-5-4-6-22(15-18)34(30,31)28(2)19-9-13-20(32-3)14-10-19/h4-15,24H,16H2,1-3H3. The lowest BCUT2D eigenvalue weighted by Gasteiger charge is -2.21. The van der Waals surface area contributed by atoms with E-state index in [4.69, 9.17) is 4.74 Å². The van der Waals surface area contributed by atoms with Gasteiger partial charge in [0.05, 0.1) is 17.7 Å². The molecule has 10 heteroatoms. The summed E-state index contributed by atoms with van der Waals surface area (Å²) in [6.45, 7) is -2.72. The number of anilines is 1. The van der Waals surface area contributed by atoms with Gasteiger partial charge in [0.15, 0.2) is 0 Å². The number of methoxy groups -OCH3 is 1. The number of sulfonamides is 1. The van der Waals surface area contributed by atoms with E-state index in [0.29, 0.717) is 17.0 Å². The Hall–Kier alpha value is -3.66. The Balaban J connectivity index is 1.75. The molecule has 0 unspecified atom stereocenters. The normalized spacial score (nSPS) is 11.2. The van der Waals surface area contributed by atoms with Crippen LogP contribution in [0.1, 0.15) is 15.9 Å². The lowest BCUT2D eigenvalue weighted by atomic mass is 10.1. The van der Waals surface area contributed by atoms with Gasteiger partial charge in [-0.2, -0.15) is 8.78 Å². The Morgan fingerprint density at radius 1 is 0.941 bits per heavy atom. The molecule has 0 atom stereocenters. The van der Waals surface area contributed by atoms with Crippen molar-refractivity contribution >= 4 is 21.6 Å². The summed E-state index contributed by atoms with van der Waals surface area (Å²) >= 11 is 0. The molecule has 34 heavy (non-hydrogen) atoms. The van der Waals surface area contributed by atoms with Gasteiger partial charge < -0.3 is 14.4 Å². The number of nitrogens with zero attached hydrogens (tertiary/aromatic N) is 2. The molecule has 0 saturated carbocycles. The quantitative estimate of drug-likeness (QED) is 0.445. The maximum Gasteiger partial charge on any atom is 0.387 e. The van der Waals surface area contributed by atoms with Gasteiger partial charge in [-0.15, -0.1) is 0 Å². The van der Waals surface area contributed by atoms with Crippen LogP contribution in [-0.2, 0) is 16.6 Å². The first-order valence-corrected chi connectivity index (χ1v) is 11.6. The van der Waals surface area contributed by atoms with E-state index in [0.717, 1.165) is 4.31 Å². The molecule has 180 valence electrons. The largest absolute Gasteiger partial charge is 0.497 e. The number of benzene rings is 3. The van der Waals surface area contributed by atoms with Crippen molar-refractivity contribution in [1.29, 1.82) is 0 Å². The van der Waals surface area contributed by atoms with Crippen LogP contribution in [-0.4, -0.2) is 47.0 Å². The van der Waals surface area contributed by atoms with E-state index in [1.54, 1.807) is 43.4 Å². The SMILES string of the molecule is COc1ccc(N(C)S(=O)(=O)c2cccc(C(=O)N(C)Cc3ccc(OC(F)F)cc3)c2)cc1. The minimum absolute atomic E-state index is 0.0200. The average Bonchev–Trinajstić information content (AvgIpc) is 2.84. The van der Waals surface area contributed by atoms with Crippen LogP contribution in [0.25, 0.3) is 0 Å². The van der Waals surface area contributed by atoms with Crippen molar-refractivity contribution in [2.75, 3.05) is 25.5 Å². The van der Waals surface area contributed by atoms with Crippen molar-refractivity contribution in [3.05, 3.63) is 83.9 Å². The first-order valence-electron chi connectivity index (χ1n) is 10.1. The highest BCUT2D eigenvalue weighted by molar-refractivity contribution is 7.92. The third kappa shape index (κ3) is 5.82. The lowest BCUT2D eigenvalue weighted by molar-refractivity contribution is -0.0498. The Bertz CT molecular complexity index is 1230. The van der Waals surface area contributed by atoms with Gasteiger partial charge in [-0.1, -0.05) is 18.2 Å². The first kappa shape index (κ1) is 25.0. The molecular formula is C24H24F2N2O5S. The second-order valence-corrected chi connectivity index (χ2v) is 9.35. The molecule has 0 aliphatic rings. The summed E-state index contributed by atoms with van der Waals surface area (Å²) in [5.74, 6) is 0.227. The third-order valence-electron chi connectivity index (χ3n) is 5.09. The van der Waals surface area contributed by atoms with Gasteiger partial charge in [-0.3, -0.25) is 9.10 Å². The number of alkyl halides is 2. The summed E-state index contributed by atoms with van der Waals surface area (Å²) in [4.78, 5) is 14.3. The summed E-state index contributed by atoms with van der Waals surface area (Å²) in [5, 5.41) is 0. The van der Waals surface area contributed by atoms with Crippen LogP contribution in [0.4, 0.5) is 14.5 Å². The van der Waals surface area contributed by atoms with Gasteiger partial charge in [0.25, 0.3) is 15.9 Å². The highest BCUT2D eigenvalue weighted by Crippen LogP contribution is 2.25. The number of hydrogen-bond donors (Lipinski definition) is 0. The maximum atomic E-state index is 13.1. The van der Waals surface area contributed by atoms with Crippen LogP contribution in [0.5, 0.6) is 11.5 Å². The molecule has 3 aromatic rings. The fourth-order valence-corrected chi connectivity index (χ4v) is 4.46. The van der Waals surface area contributed by atoms with Gasteiger partial charge in [-0.05, 0) is 60.2 Å². The number of rotatable bonds is 9. The van der Waals surface area contributed by atoms with Crippen molar-refractivity contribution in [2.24, 2.45) is 0 Å². The molecule has 1 amide bonds. The molecule has 3 rings (SSSR count). The van der Waals surface area contributed by atoms with Gasteiger partial charge in [0.1, 0.15) is 11.5 Å². The van der Waals surface area contributed by atoms with E-state index >= 15 is 0 Å². The minimum atomic E-state index is -3.92. The predicted octanol–water partition coefficient (Wildman–Crippen LogP) is 4.39. The highest BCUT2D eigenvalue weighted by Gasteiger charge is 2.23. The van der Waals surface area contributed by atoms with Crippen LogP contribution < -0.4 is 13.8 Å². The van der Waals surface area contributed by atoms with E-state index < -0.39 is 22.5 Å². The average molecular weight is 491 g/mol. The maximum absolute atomic E-state index is 13.1. The zero-order chi connectivity index (χ0) is 24.9. The van der Waals surface area contributed by atoms with Crippen LogP contribution in [0.3, 0.4) is 0 Å². The zero-order valence-corrected chi connectivity index (χ0v) is 19.6. The summed E-state index contributed by atoms with van der Waals surface area (Å²) in [5.41, 5.74) is 1.33. The first-order chi connectivity index (χ1) is 16.1. The molecule has 0 fully saturated rings. The van der Waals surface area contributed by atoms with E-state index in [1.807, 2.05) is 0 Å². The topological polar surface area (TPSA) is 76.2 Å². The number of ether oxygens (including phenoxy) is 2. The van der Waals surface area contributed by atoms with E-state index in [2.05, 4.69) is 4.74 Å². The van der Waals surface area contributed by atoms with Gasteiger partial charge in [0, 0.05) is 26.2 Å². The second-order valence-electron chi connectivity index (χ2n) is 7.38. The Morgan fingerprint density at radius 2 is 1.56 bits per heavy atom. The van der Waals surface area contributed by atoms with Crippen molar-refractivity contribution in [1.82, 2.24) is 4.90 Å². The third-order valence-corrected chi connectivity index (χ3v) is 6.87. The molecule has 0 saturated heterocycles. The molecule has 0 spiro atoms. The lowest BCUT2D eigenvalue weighted by Crippen LogP contribution is -2.28. The van der Waals surface area contributed by atoms with E-state index in [-0.39, 0.29) is 22.8 Å². The molecule has 0 aliphatic heterocycles. The molecule has 0 N–H and O–H groups in total. The molecule has 0 radical (unpaired) electrons. The Labute approximate surface area is 197 Å². The van der Waals surface area contributed by atoms with E-state index in [1.165, 1.54) is 55.5 Å². The summed E-state index contributed by atoms with van der Waals surface area (Å²) in [6.07, 6.45) is 0. The van der Waals surface area contributed by atoms with Crippen LogP contribution in [0.15, 0.2) is 77.7 Å². The van der Waals surface area contributed by atoms with Gasteiger partial charge in [0.2, 0.25) is 0 Å². The molecule has 0 heterocycles. The van der Waals surface area contributed by atoms with Crippen molar-refractivity contribution in [2.45, 2.75) is 18.1 Å². The number of halogens is 2. The summed E-state index contributed by atoms with van der Waals surface area (Å²) < 4.78 is 61.4. The smallest absolute Gasteiger partial charge is 0.387 e. The zero-order valence-electron chi connectivity index (χ0n) is 18.8. The fraction of sp³-hybridized carbons (Fsp3) is 0.208.